The van der Waals surface area contributed by atoms with Gasteiger partial charge in [-0.2, -0.15) is 0 Å². The molecular weight excluding hydrogens is 174 g/mol. The molecule has 0 spiro atoms. The maximum absolute atomic E-state index is 3.67. The number of nitrogens with zero attached hydrogens (tertiary/aromatic N) is 1. The van der Waals surface area contributed by atoms with Crippen molar-refractivity contribution < 1.29 is 0 Å². The highest BCUT2D eigenvalue weighted by Gasteiger charge is 1.86. The quantitative estimate of drug-likeness (QED) is 0.555. The van der Waals surface area contributed by atoms with Crippen LogP contribution in [0.15, 0.2) is 55.4 Å². The van der Waals surface area contributed by atoms with Gasteiger partial charge in [0.25, 0.3) is 0 Å². The first-order valence-corrected chi connectivity index (χ1v) is 4.41. The molecule has 3 nitrogen and oxygen atoms in total. The van der Waals surface area contributed by atoms with Crippen LogP contribution in [0, 0.1) is 0 Å². The number of nitrogens with one attached hydrogen (secondary N) is 2. The Morgan fingerprint density at radius 3 is 2.07 bits per heavy atom. The Labute approximate surface area is 81.8 Å². The van der Waals surface area contributed by atoms with Crippen LogP contribution in [0.2, 0.25) is 0 Å². The largest absolute Gasteiger partial charge is 0.366 e. The van der Waals surface area contributed by atoms with Gasteiger partial charge in [-0.05, 0) is 10.8 Å². The van der Waals surface area contributed by atoms with Crippen molar-refractivity contribution in [2.45, 2.75) is 0 Å². The van der Waals surface area contributed by atoms with E-state index in [4.69, 9.17) is 0 Å². The number of aromatic nitrogens is 3. The first-order valence-electron chi connectivity index (χ1n) is 4.41. The topological polar surface area (TPSA) is 44.5 Å². The predicted octanol–water partition coefficient (Wildman–Crippen LogP) is 2.58. The molecule has 0 atom stereocenters. The van der Waals surface area contributed by atoms with Crippen LogP contribution in [-0.4, -0.2) is 15.0 Å². The normalized spacial score (nSPS) is 9.43. The second kappa shape index (κ2) is 4.28. The second-order valence-corrected chi connectivity index (χ2v) is 2.84. The molecule has 2 N–H and O–H groups in total. The van der Waals surface area contributed by atoms with E-state index in [-0.39, 0.29) is 0 Å². The van der Waals surface area contributed by atoms with Gasteiger partial charge in [0.1, 0.15) is 0 Å². The summed E-state index contributed by atoms with van der Waals surface area (Å²) in [7, 11) is 0. The third kappa shape index (κ3) is 2.01. The van der Waals surface area contributed by atoms with Gasteiger partial charge < -0.3 is 9.97 Å². The van der Waals surface area contributed by atoms with Crippen LogP contribution in [-0.2, 0) is 0 Å². The molecule has 3 rings (SSSR count). The molecule has 2 aromatic heterocycles. The Kier molecular flexibility index (Phi) is 2.62. The highest BCUT2D eigenvalue weighted by atomic mass is 14.8. The number of hydrogen-bond acceptors (Lipinski definition) is 1. The number of hydrogen-bond donors (Lipinski definition) is 2. The standard InChI is InChI=1S/C8H7N.C3H4N2/c1-2-4-8-6-9-5-7(8)3-1;1-2-5-3-4-1/h1-6,9H;1-3H,(H,4,5). The molecule has 3 aromatic rings. The Bertz CT molecular complexity index is 421. The molecule has 0 saturated heterocycles. The van der Waals surface area contributed by atoms with E-state index in [9.17, 15) is 0 Å². The summed E-state index contributed by atoms with van der Waals surface area (Å²) in [6.45, 7) is 0. The number of fused-ring (bicyclic) bond motifs is 1. The van der Waals surface area contributed by atoms with Crippen molar-refractivity contribution in [2.24, 2.45) is 0 Å². The minimum Gasteiger partial charge on any atom is -0.366 e. The molecule has 0 aliphatic heterocycles. The van der Waals surface area contributed by atoms with Gasteiger partial charge in [0.2, 0.25) is 0 Å². The van der Waals surface area contributed by atoms with Crippen molar-refractivity contribution in [3.63, 3.8) is 0 Å². The molecular formula is C11H11N3. The van der Waals surface area contributed by atoms with Crippen molar-refractivity contribution in [1.82, 2.24) is 15.0 Å². The van der Waals surface area contributed by atoms with Gasteiger partial charge in [-0.15, -0.1) is 0 Å². The average Bonchev–Trinajstić information content (AvgIpc) is 2.92. The van der Waals surface area contributed by atoms with E-state index >= 15 is 0 Å². The maximum Gasteiger partial charge on any atom is 0.0919 e. The van der Waals surface area contributed by atoms with E-state index < -0.39 is 0 Å². The van der Waals surface area contributed by atoms with Gasteiger partial charge >= 0.3 is 0 Å². The third-order valence-electron chi connectivity index (χ3n) is 1.88. The Balaban J connectivity index is 0.000000128. The minimum atomic E-state index is 1.28. The molecule has 1 aromatic carbocycles. The predicted molar refractivity (Wildman–Crippen MR) is 56.9 cm³/mol. The van der Waals surface area contributed by atoms with E-state index in [1.807, 2.05) is 24.5 Å². The number of imidazole rings is 1. The number of rotatable bonds is 0. The van der Waals surface area contributed by atoms with Crippen molar-refractivity contribution in [3.05, 3.63) is 55.4 Å². The molecule has 0 fully saturated rings. The van der Waals surface area contributed by atoms with Crippen LogP contribution >= 0.6 is 0 Å². The fraction of sp³-hybridized carbons (Fsp3) is 0. The molecule has 0 aliphatic rings. The monoisotopic (exact) mass is 185 g/mol. The molecule has 14 heavy (non-hydrogen) atoms. The number of aromatic amines is 2. The van der Waals surface area contributed by atoms with Crippen LogP contribution in [0.4, 0.5) is 0 Å². The van der Waals surface area contributed by atoms with Gasteiger partial charge in [-0.25, -0.2) is 4.98 Å². The highest BCUT2D eigenvalue weighted by molar-refractivity contribution is 5.81. The summed E-state index contributed by atoms with van der Waals surface area (Å²) >= 11 is 0. The first kappa shape index (κ1) is 8.56. The zero-order valence-electron chi connectivity index (χ0n) is 7.64. The lowest BCUT2D eigenvalue weighted by Crippen LogP contribution is -1.57. The summed E-state index contributed by atoms with van der Waals surface area (Å²) in [6.07, 6.45) is 9.07. The summed E-state index contributed by atoms with van der Waals surface area (Å²) in [5, 5.41) is 2.55. The maximum atomic E-state index is 3.67. The molecule has 0 amide bonds. The zero-order valence-corrected chi connectivity index (χ0v) is 7.64. The molecule has 0 aliphatic carbocycles. The summed E-state index contributed by atoms with van der Waals surface area (Å²) in [5.41, 5.74) is 0. The average molecular weight is 185 g/mol. The molecule has 70 valence electrons. The molecule has 0 unspecified atom stereocenters. The van der Waals surface area contributed by atoms with Crippen LogP contribution in [0.3, 0.4) is 0 Å². The van der Waals surface area contributed by atoms with Crippen molar-refractivity contribution >= 4 is 10.8 Å². The van der Waals surface area contributed by atoms with E-state index in [0.717, 1.165) is 0 Å². The minimum absolute atomic E-state index is 1.28. The van der Waals surface area contributed by atoms with E-state index in [1.165, 1.54) is 10.8 Å². The van der Waals surface area contributed by atoms with Gasteiger partial charge in [0, 0.05) is 24.8 Å². The third-order valence-corrected chi connectivity index (χ3v) is 1.88. The van der Waals surface area contributed by atoms with Gasteiger partial charge in [0.15, 0.2) is 0 Å². The summed E-state index contributed by atoms with van der Waals surface area (Å²) in [5.74, 6) is 0. The van der Waals surface area contributed by atoms with Gasteiger partial charge in [-0.3, -0.25) is 0 Å². The molecule has 0 bridgehead atoms. The Hall–Kier alpha value is -2.03. The lowest BCUT2D eigenvalue weighted by Gasteiger charge is -1.81. The lowest BCUT2D eigenvalue weighted by molar-refractivity contribution is 1.31. The van der Waals surface area contributed by atoms with Crippen molar-refractivity contribution in [2.75, 3.05) is 0 Å². The van der Waals surface area contributed by atoms with Gasteiger partial charge in [-0.1, -0.05) is 24.3 Å². The Morgan fingerprint density at radius 1 is 0.929 bits per heavy atom. The molecule has 3 heteroatoms. The smallest absolute Gasteiger partial charge is 0.0919 e. The van der Waals surface area contributed by atoms with Crippen molar-refractivity contribution in [3.8, 4) is 0 Å². The molecule has 0 radical (unpaired) electrons. The zero-order chi connectivity index (χ0) is 9.64. The van der Waals surface area contributed by atoms with Gasteiger partial charge in [0.05, 0.1) is 6.33 Å². The van der Waals surface area contributed by atoms with E-state index in [1.54, 1.807) is 18.7 Å². The number of H-pyrrole nitrogens is 2. The van der Waals surface area contributed by atoms with Crippen LogP contribution in [0.25, 0.3) is 10.8 Å². The fourth-order valence-corrected chi connectivity index (χ4v) is 1.21. The summed E-state index contributed by atoms with van der Waals surface area (Å²) in [4.78, 5) is 9.45. The van der Waals surface area contributed by atoms with Crippen LogP contribution < -0.4 is 0 Å². The second-order valence-electron chi connectivity index (χ2n) is 2.84. The van der Waals surface area contributed by atoms with E-state index in [0.29, 0.717) is 0 Å². The SMILES string of the molecule is c1c[nH]cn1.c1ccc2c[nH]cc2c1. The highest BCUT2D eigenvalue weighted by Crippen LogP contribution is 2.10. The lowest BCUT2D eigenvalue weighted by atomic mass is 10.2. The number of benzene rings is 1. The van der Waals surface area contributed by atoms with E-state index in [2.05, 4.69) is 27.1 Å². The first-order chi connectivity index (χ1) is 6.97. The van der Waals surface area contributed by atoms with Crippen LogP contribution in [0.1, 0.15) is 0 Å². The Morgan fingerprint density at radius 2 is 1.64 bits per heavy atom. The summed E-state index contributed by atoms with van der Waals surface area (Å²) in [6, 6.07) is 8.25. The fourth-order valence-electron chi connectivity index (χ4n) is 1.21. The molecule has 0 saturated carbocycles. The van der Waals surface area contributed by atoms with Crippen LogP contribution in [0.5, 0.6) is 0 Å². The van der Waals surface area contributed by atoms with Crippen molar-refractivity contribution in [1.29, 1.82) is 0 Å². The molecule has 2 heterocycles. The summed E-state index contributed by atoms with van der Waals surface area (Å²) < 4.78 is 0.